The molecule has 2 heterocycles. The van der Waals surface area contributed by atoms with Gasteiger partial charge in [0.25, 0.3) is 0 Å². The first-order valence-corrected chi connectivity index (χ1v) is 12.8. The van der Waals surface area contributed by atoms with E-state index in [1.807, 2.05) is 6.92 Å². The Kier molecular flexibility index (Phi) is 8.89. The maximum absolute atomic E-state index is 13.5. The van der Waals surface area contributed by atoms with Crippen LogP contribution in [0, 0.1) is 0 Å². The molecule has 38 heavy (non-hydrogen) atoms. The normalized spacial score (nSPS) is 18.9. The van der Waals surface area contributed by atoms with Gasteiger partial charge in [0.1, 0.15) is 5.60 Å². The minimum absolute atomic E-state index is 0.108. The highest BCUT2D eigenvalue weighted by molar-refractivity contribution is 9.10. The first-order chi connectivity index (χ1) is 17.5. The molecule has 1 aliphatic rings. The van der Waals surface area contributed by atoms with Gasteiger partial charge in [0.05, 0.1) is 15.6 Å². The maximum atomic E-state index is 13.5. The van der Waals surface area contributed by atoms with Crippen LogP contribution in [0.15, 0.2) is 35.1 Å². The number of hydrogen-bond acceptors (Lipinski definition) is 5. The molecule has 1 amide bonds. The number of carbonyl (C=O) groups excluding carboxylic acids is 1. The fourth-order valence-corrected chi connectivity index (χ4v) is 4.59. The standard InChI is InChI=1S/C25H29BrF6N4O2/c1-5-19-11-20(6-7-35(19)22(37)38-23(2,3)4)36(21-33-12-18(26)13-34-21)14-15-8-16(24(27,28)29)10-17(9-15)25(30,31)32/h8-10,12-13,19-20H,5-7,11,14H2,1-4H3. The van der Waals surface area contributed by atoms with E-state index in [2.05, 4.69) is 25.9 Å². The van der Waals surface area contributed by atoms with Gasteiger partial charge in [-0.3, -0.25) is 0 Å². The van der Waals surface area contributed by atoms with Gasteiger partial charge in [0.15, 0.2) is 0 Å². The number of carbonyl (C=O) groups is 1. The molecule has 0 bridgehead atoms. The lowest BCUT2D eigenvalue weighted by atomic mass is 9.94. The molecule has 1 aromatic heterocycles. The highest BCUT2D eigenvalue weighted by Gasteiger charge is 2.39. The quantitative estimate of drug-likeness (QED) is 0.329. The van der Waals surface area contributed by atoms with Crippen LogP contribution in [-0.4, -0.2) is 45.2 Å². The summed E-state index contributed by atoms with van der Waals surface area (Å²) in [4.78, 5) is 24.5. The van der Waals surface area contributed by atoms with Crippen LogP contribution in [0.1, 0.15) is 63.6 Å². The van der Waals surface area contributed by atoms with E-state index >= 15 is 0 Å². The Morgan fingerprint density at radius 2 is 1.61 bits per heavy atom. The van der Waals surface area contributed by atoms with E-state index < -0.39 is 35.2 Å². The van der Waals surface area contributed by atoms with Gasteiger partial charge < -0.3 is 14.5 Å². The molecule has 1 saturated heterocycles. The van der Waals surface area contributed by atoms with Crippen LogP contribution in [0.25, 0.3) is 0 Å². The van der Waals surface area contributed by atoms with E-state index in [0.29, 0.717) is 42.4 Å². The summed E-state index contributed by atoms with van der Waals surface area (Å²) in [6.45, 7) is 7.18. The van der Waals surface area contributed by atoms with Crippen LogP contribution >= 0.6 is 15.9 Å². The molecule has 2 aromatic rings. The number of rotatable bonds is 5. The Morgan fingerprint density at radius 3 is 2.08 bits per heavy atom. The minimum atomic E-state index is -4.96. The summed E-state index contributed by atoms with van der Waals surface area (Å²) in [5, 5.41) is 0. The van der Waals surface area contributed by atoms with Gasteiger partial charge in [-0.05, 0) is 79.7 Å². The first kappa shape index (κ1) is 30.0. The molecule has 2 unspecified atom stereocenters. The summed E-state index contributed by atoms with van der Waals surface area (Å²) in [5.41, 5.74) is -3.64. The number of halogens is 7. The Bertz CT molecular complexity index is 1090. The Morgan fingerprint density at radius 1 is 1.05 bits per heavy atom. The molecular weight excluding hydrogens is 582 g/mol. The number of nitrogens with zero attached hydrogens (tertiary/aromatic N) is 4. The average molecular weight is 611 g/mol. The van der Waals surface area contributed by atoms with E-state index in [4.69, 9.17) is 4.74 Å². The van der Waals surface area contributed by atoms with Crippen LogP contribution in [0.5, 0.6) is 0 Å². The third kappa shape index (κ3) is 7.73. The summed E-state index contributed by atoms with van der Waals surface area (Å²) >= 11 is 3.24. The summed E-state index contributed by atoms with van der Waals surface area (Å²) in [7, 11) is 0. The number of hydrogen-bond donors (Lipinski definition) is 0. The zero-order chi connectivity index (χ0) is 28.5. The lowest BCUT2D eigenvalue weighted by molar-refractivity contribution is -0.143. The highest BCUT2D eigenvalue weighted by atomic mass is 79.9. The van der Waals surface area contributed by atoms with E-state index in [0.717, 1.165) is 0 Å². The van der Waals surface area contributed by atoms with Crippen molar-refractivity contribution in [3.05, 3.63) is 51.8 Å². The molecule has 1 fully saturated rings. The van der Waals surface area contributed by atoms with Crippen molar-refractivity contribution in [2.45, 2.75) is 83.5 Å². The summed E-state index contributed by atoms with van der Waals surface area (Å²) in [6.07, 6.45) is -6.11. The zero-order valence-corrected chi connectivity index (χ0v) is 22.9. The molecule has 1 aromatic carbocycles. The van der Waals surface area contributed by atoms with Crippen LogP contribution < -0.4 is 4.90 Å². The molecule has 3 rings (SSSR count). The molecule has 0 aliphatic carbocycles. The van der Waals surface area contributed by atoms with Gasteiger partial charge in [-0.1, -0.05) is 6.92 Å². The van der Waals surface area contributed by atoms with E-state index in [-0.39, 0.29) is 36.2 Å². The molecule has 1 aliphatic heterocycles. The largest absolute Gasteiger partial charge is 0.444 e. The predicted octanol–water partition coefficient (Wildman–Crippen LogP) is 7.46. The van der Waals surface area contributed by atoms with Crippen molar-refractivity contribution in [2.75, 3.05) is 11.4 Å². The molecular formula is C25H29BrF6N4O2. The first-order valence-electron chi connectivity index (χ1n) is 12.0. The minimum Gasteiger partial charge on any atom is -0.444 e. The molecule has 2 atom stereocenters. The van der Waals surface area contributed by atoms with E-state index in [9.17, 15) is 31.1 Å². The maximum Gasteiger partial charge on any atom is 0.416 e. The molecule has 0 spiro atoms. The smallest absolute Gasteiger partial charge is 0.416 e. The zero-order valence-electron chi connectivity index (χ0n) is 21.3. The fraction of sp³-hybridized carbons (Fsp3) is 0.560. The van der Waals surface area contributed by atoms with Crippen LogP contribution in [0.2, 0.25) is 0 Å². The molecule has 210 valence electrons. The average Bonchev–Trinajstić information content (AvgIpc) is 2.80. The second kappa shape index (κ2) is 11.3. The van der Waals surface area contributed by atoms with Crippen molar-refractivity contribution < 1.29 is 35.9 Å². The number of ether oxygens (including phenoxy) is 1. The third-order valence-electron chi connectivity index (χ3n) is 6.09. The molecule has 0 saturated carbocycles. The van der Waals surface area contributed by atoms with Crippen molar-refractivity contribution >= 4 is 28.0 Å². The van der Waals surface area contributed by atoms with E-state index in [1.54, 1.807) is 30.6 Å². The summed E-state index contributed by atoms with van der Waals surface area (Å²) < 4.78 is 86.9. The highest BCUT2D eigenvalue weighted by Crippen LogP contribution is 2.37. The van der Waals surface area contributed by atoms with Crippen molar-refractivity contribution in [2.24, 2.45) is 0 Å². The van der Waals surface area contributed by atoms with Crippen molar-refractivity contribution in [3.63, 3.8) is 0 Å². The lowest BCUT2D eigenvalue weighted by Crippen LogP contribution is -2.53. The number of alkyl halides is 6. The molecule has 0 radical (unpaired) electrons. The molecule has 6 nitrogen and oxygen atoms in total. The van der Waals surface area contributed by atoms with Crippen LogP contribution in [0.4, 0.5) is 37.1 Å². The van der Waals surface area contributed by atoms with Crippen molar-refractivity contribution in [1.29, 1.82) is 0 Å². The van der Waals surface area contributed by atoms with Gasteiger partial charge in [-0.2, -0.15) is 26.3 Å². The number of anilines is 1. The number of benzene rings is 1. The van der Waals surface area contributed by atoms with Crippen molar-refractivity contribution in [1.82, 2.24) is 14.9 Å². The predicted molar refractivity (Wildman–Crippen MR) is 132 cm³/mol. The van der Waals surface area contributed by atoms with Crippen LogP contribution in [-0.2, 0) is 23.6 Å². The number of amides is 1. The van der Waals surface area contributed by atoms with Gasteiger partial charge in [-0.25, -0.2) is 14.8 Å². The Labute approximate surface area is 225 Å². The number of piperidine rings is 1. The van der Waals surface area contributed by atoms with Gasteiger partial charge in [0, 0.05) is 37.6 Å². The van der Waals surface area contributed by atoms with Gasteiger partial charge in [-0.15, -0.1) is 0 Å². The third-order valence-corrected chi connectivity index (χ3v) is 6.50. The Balaban J connectivity index is 1.97. The van der Waals surface area contributed by atoms with Gasteiger partial charge >= 0.3 is 18.4 Å². The summed E-state index contributed by atoms with van der Waals surface area (Å²) in [5.74, 6) is 0.157. The van der Waals surface area contributed by atoms with Gasteiger partial charge in [0.2, 0.25) is 5.95 Å². The second-order valence-corrected chi connectivity index (χ2v) is 11.1. The fourth-order valence-electron chi connectivity index (χ4n) is 4.39. The van der Waals surface area contributed by atoms with E-state index in [1.165, 1.54) is 12.4 Å². The monoisotopic (exact) mass is 610 g/mol. The Hall–Kier alpha value is -2.57. The molecule has 13 heteroatoms. The number of aromatic nitrogens is 2. The molecule has 0 N–H and O–H groups in total. The number of likely N-dealkylation sites (tertiary alicyclic amines) is 1. The van der Waals surface area contributed by atoms with Crippen LogP contribution in [0.3, 0.4) is 0 Å². The SMILES string of the molecule is CCC1CC(N(Cc2cc(C(F)(F)F)cc(C(F)(F)F)c2)c2ncc(Br)cn2)CCN1C(=O)OC(C)(C)C. The second-order valence-electron chi connectivity index (χ2n) is 10.2. The lowest BCUT2D eigenvalue weighted by Gasteiger charge is -2.43. The topological polar surface area (TPSA) is 58.6 Å². The summed E-state index contributed by atoms with van der Waals surface area (Å²) in [6, 6.07) is 0.927. The van der Waals surface area contributed by atoms with Crippen molar-refractivity contribution in [3.8, 4) is 0 Å².